The van der Waals surface area contributed by atoms with Gasteiger partial charge in [0.1, 0.15) is 5.92 Å². The summed E-state index contributed by atoms with van der Waals surface area (Å²) in [6, 6.07) is 2.04. The number of nitriles is 1. The zero-order valence-electron chi connectivity index (χ0n) is 10.6. The van der Waals surface area contributed by atoms with E-state index in [1.807, 2.05) is 19.9 Å². The molecule has 0 spiro atoms. The monoisotopic (exact) mass is 238 g/mol. The number of hydrogen-bond acceptors (Lipinski definition) is 3. The van der Waals surface area contributed by atoms with Gasteiger partial charge in [-0.25, -0.2) is 0 Å². The minimum absolute atomic E-state index is 0.0388. The van der Waals surface area contributed by atoms with Gasteiger partial charge in [-0.3, -0.25) is 4.79 Å². The number of hydrogen-bond donors (Lipinski definition) is 2. The summed E-state index contributed by atoms with van der Waals surface area (Å²) in [5, 5.41) is 21.3. The van der Waals surface area contributed by atoms with E-state index in [2.05, 4.69) is 5.32 Å². The van der Waals surface area contributed by atoms with Crippen molar-refractivity contribution < 1.29 is 9.90 Å². The molecule has 3 unspecified atom stereocenters. The molecule has 0 aromatic carbocycles. The summed E-state index contributed by atoms with van der Waals surface area (Å²) in [5.41, 5.74) is 0. The highest BCUT2D eigenvalue weighted by molar-refractivity contribution is 5.81. The summed E-state index contributed by atoms with van der Waals surface area (Å²) in [7, 11) is 0. The molecule has 3 atom stereocenters. The Bertz CT molecular complexity index is 296. The Hall–Kier alpha value is -1.08. The van der Waals surface area contributed by atoms with E-state index >= 15 is 0 Å². The van der Waals surface area contributed by atoms with Crippen molar-refractivity contribution in [1.29, 1.82) is 5.26 Å². The van der Waals surface area contributed by atoms with Gasteiger partial charge in [-0.2, -0.15) is 5.26 Å². The van der Waals surface area contributed by atoms with Crippen molar-refractivity contribution in [2.45, 2.75) is 45.6 Å². The second-order valence-electron chi connectivity index (χ2n) is 5.28. The fourth-order valence-electron chi connectivity index (χ4n) is 2.31. The number of nitrogens with one attached hydrogen (secondary N) is 1. The maximum atomic E-state index is 11.7. The molecule has 0 aromatic rings. The summed E-state index contributed by atoms with van der Waals surface area (Å²) in [6.45, 7) is 4.33. The van der Waals surface area contributed by atoms with E-state index in [9.17, 15) is 9.90 Å². The topological polar surface area (TPSA) is 73.1 Å². The Morgan fingerprint density at radius 2 is 2.24 bits per heavy atom. The molecule has 2 N–H and O–H groups in total. The minimum Gasteiger partial charge on any atom is -0.393 e. The number of aliphatic hydroxyl groups excluding tert-OH is 1. The maximum Gasteiger partial charge on any atom is 0.237 e. The van der Waals surface area contributed by atoms with E-state index in [1.54, 1.807) is 0 Å². The summed E-state index contributed by atoms with van der Waals surface area (Å²) in [6.07, 6.45) is 3.49. The van der Waals surface area contributed by atoms with Crippen LogP contribution < -0.4 is 5.32 Å². The standard InChI is InChI=1S/C13H22N2O2/c1-9(2)12(7-14)13(17)15-8-10-4-3-5-11(16)6-10/h9-12,16H,3-6,8H2,1-2H3,(H,15,17). The van der Waals surface area contributed by atoms with Gasteiger partial charge >= 0.3 is 0 Å². The smallest absolute Gasteiger partial charge is 0.237 e. The van der Waals surface area contributed by atoms with E-state index in [4.69, 9.17) is 5.26 Å². The highest BCUT2D eigenvalue weighted by Gasteiger charge is 2.24. The Balaban J connectivity index is 2.35. The normalized spacial score (nSPS) is 26.3. The second kappa shape index (κ2) is 6.61. The minimum atomic E-state index is -0.566. The average Bonchev–Trinajstić information content (AvgIpc) is 2.27. The third kappa shape index (κ3) is 4.35. The predicted octanol–water partition coefficient (Wildman–Crippen LogP) is 1.45. The van der Waals surface area contributed by atoms with Crippen molar-refractivity contribution in [3.63, 3.8) is 0 Å². The lowest BCUT2D eigenvalue weighted by Crippen LogP contribution is -2.37. The van der Waals surface area contributed by atoms with Crippen molar-refractivity contribution in [3.05, 3.63) is 0 Å². The fraction of sp³-hybridized carbons (Fsp3) is 0.846. The quantitative estimate of drug-likeness (QED) is 0.778. The van der Waals surface area contributed by atoms with Gasteiger partial charge < -0.3 is 10.4 Å². The van der Waals surface area contributed by atoms with Gasteiger partial charge in [0.15, 0.2) is 0 Å². The van der Waals surface area contributed by atoms with Crippen LogP contribution in [0.25, 0.3) is 0 Å². The molecule has 1 fully saturated rings. The second-order valence-corrected chi connectivity index (χ2v) is 5.28. The number of nitrogens with zero attached hydrogens (tertiary/aromatic N) is 1. The lowest BCUT2D eigenvalue weighted by atomic mass is 9.87. The molecule has 0 aliphatic heterocycles. The highest BCUT2D eigenvalue weighted by atomic mass is 16.3. The van der Waals surface area contributed by atoms with Crippen molar-refractivity contribution in [1.82, 2.24) is 5.32 Å². The number of rotatable bonds is 4. The molecule has 96 valence electrons. The third-order valence-corrected chi connectivity index (χ3v) is 3.41. The molecular weight excluding hydrogens is 216 g/mol. The molecular formula is C13H22N2O2. The lowest BCUT2D eigenvalue weighted by molar-refractivity contribution is -0.124. The van der Waals surface area contributed by atoms with Gasteiger partial charge in [-0.1, -0.05) is 20.3 Å². The van der Waals surface area contributed by atoms with Crippen LogP contribution in [0.2, 0.25) is 0 Å². The SMILES string of the molecule is CC(C)C(C#N)C(=O)NCC1CCCC(O)C1. The molecule has 1 amide bonds. The van der Waals surface area contributed by atoms with E-state index in [0.717, 1.165) is 25.7 Å². The molecule has 4 heteroatoms. The van der Waals surface area contributed by atoms with E-state index in [-0.39, 0.29) is 17.9 Å². The van der Waals surface area contributed by atoms with Crippen molar-refractivity contribution in [2.24, 2.45) is 17.8 Å². The Morgan fingerprint density at radius 1 is 1.53 bits per heavy atom. The molecule has 1 saturated carbocycles. The van der Waals surface area contributed by atoms with Crippen molar-refractivity contribution in [2.75, 3.05) is 6.54 Å². The number of aliphatic hydroxyl groups is 1. The van der Waals surface area contributed by atoms with E-state index in [1.165, 1.54) is 0 Å². The molecule has 0 bridgehead atoms. The van der Waals surface area contributed by atoms with Crippen LogP contribution >= 0.6 is 0 Å². The van der Waals surface area contributed by atoms with Crippen LogP contribution in [0.1, 0.15) is 39.5 Å². The van der Waals surface area contributed by atoms with Crippen molar-refractivity contribution >= 4 is 5.91 Å². The highest BCUT2D eigenvalue weighted by Crippen LogP contribution is 2.23. The first-order valence-corrected chi connectivity index (χ1v) is 6.40. The van der Waals surface area contributed by atoms with Crippen LogP contribution in [0.4, 0.5) is 0 Å². The average molecular weight is 238 g/mol. The van der Waals surface area contributed by atoms with Crippen LogP contribution in [0.3, 0.4) is 0 Å². The number of carbonyl (C=O) groups excluding carboxylic acids is 1. The molecule has 4 nitrogen and oxygen atoms in total. The molecule has 1 aliphatic rings. The molecule has 0 radical (unpaired) electrons. The van der Waals surface area contributed by atoms with E-state index in [0.29, 0.717) is 12.5 Å². The van der Waals surface area contributed by atoms with Crippen LogP contribution in [-0.4, -0.2) is 23.7 Å². The zero-order chi connectivity index (χ0) is 12.8. The molecule has 17 heavy (non-hydrogen) atoms. The third-order valence-electron chi connectivity index (χ3n) is 3.41. The van der Waals surface area contributed by atoms with Crippen LogP contribution in [0, 0.1) is 29.1 Å². The first kappa shape index (κ1) is 14.0. The summed E-state index contributed by atoms with van der Waals surface area (Å²) in [5.74, 6) is -0.350. The van der Waals surface area contributed by atoms with Gasteiger partial charge in [0, 0.05) is 6.54 Å². The van der Waals surface area contributed by atoms with Gasteiger partial charge in [0.25, 0.3) is 0 Å². The van der Waals surface area contributed by atoms with E-state index < -0.39 is 5.92 Å². The predicted molar refractivity (Wildman–Crippen MR) is 64.9 cm³/mol. The van der Waals surface area contributed by atoms with Gasteiger partial charge in [-0.05, 0) is 31.1 Å². The largest absolute Gasteiger partial charge is 0.393 e. The first-order valence-electron chi connectivity index (χ1n) is 6.40. The fourth-order valence-corrected chi connectivity index (χ4v) is 2.31. The summed E-state index contributed by atoms with van der Waals surface area (Å²) < 4.78 is 0. The molecule has 0 saturated heterocycles. The van der Waals surface area contributed by atoms with Crippen LogP contribution in [-0.2, 0) is 4.79 Å². The number of amides is 1. The molecule has 1 aliphatic carbocycles. The summed E-state index contributed by atoms with van der Waals surface area (Å²) in [4.78, 5) is 11.7. The Kier molecular flexibility index (Phi) is 5.43. The van der Waals surface area contributed by atoms with Gasteiger partial charge in [0.2, 0.25) is 5.91 Å². The maximum absolute atomic E-state index is 11.7. The van der Waals surface area contributed by atoms with Crippen LogP contribution in [0.5, 0.6) is 0 Å². The summed E-state index contributed by atoms with van der Waals surface area (Å²) >= 11 is 0. The lowest BCUT2D eigenvalue weighted by Gasteiger charge is -2.26. The molecule has 0 aromatic heterocycles. The Morgan fingerprint density at radius 3 is 2.76 bits per heavy atom. The zero-order valence-corrected chi connectivity index (χ0v) is 10.6. The van der Waals surface area contributed by atoms with Gasteiger partial charge in [-0.15, -0.1) is 0 Å². The van der Waals surface area contributed by atoms with Crippen molar-refractivity contribution in [3.8, 4) is 6.07 Å². The Labute approximate surface area is 103 Å². The molecule has 1 rings (SSSR count). The van der Waals surface area contributed by atoms with Gasteiger partial charge in [0.05, 0.1) is 12.2 Å². The number of carbonyl (C=O) groups is 1. The molecule has 0 heterocycles. The first-order chi connectivity index (χ1) is 8.04. The van der Waals surface area contributed by atoms with Crippen LogP contribution in [0.15, 0.2) is 0 Å².